The number of rotatable bonds is 9. The van der Waals surface area contributed by atoms with Crippen molar-refractivity contribution in [3.63, 3.8) is 0 Å². The fraction of sp³-hybridized carbons (Fsp3) is 0.750. The number of nitrogens with two attached hydrogens (primary N) is 2. The summed E-state index contributed by atoms with van der Waals surface area (Å²) in [5.41, 5.74) is 10.3. The van der Waals surface area contributed by atoms with E-state index in [2.05, 4.69) is 9.73 Å². The lowest BCUT2D eigenvalue weighted by Crippen LogP contribution is -2.47. The number of aliphatic imine (C=N–C) groups is 1. The second kappa shape index (κ2) is 8.94. The number of carbonyl (C=O) groups is 2. The molecule has 1 rings (SSSR count). The molecule has 0 saturated heterocycles. The lowest BCUT2D eigenvalue weighted by molar-refractivity contribution is -0.140. The summed E-state index contributed by atoms with van der Waals surface area (Å²) >= 11 is 5.64. The fourth-order valence-corrected chi connectivity index (χ4v) is 2.28. The van der Waals surface area contributed by atoms with Crippen molar-refractivity contribution in [2.45, 2.75) is 30.8 Å². The largest absolute Gasteiger partial charge is 0.480 e. The van der Waals surface area contributed by atoms with Crippen LogP contribution in [0.15, 0.2) is 4.99 Å². The van der Waals surface area contributed by atoms with Crippen LogP contribution in [-0.2, 0) is 9.53 Å². The summed E-state index contributed by atoms with van der Waals surface area (Å²) in [6.45, 7) is -1.09. The van der Waals surface area contributed by atoms with E-state index >= 15 is 0 Å². The topological polar surface area (TPSA) is 131 Å². The predicted octanol–water partition coefficient (Wildman–Crippen LogP) is 0.434. The van der Waals surface area contributed by atoms with Crippen molar-refractivity contribution in [1.29, 1.82) is 0 Å². The van der Waals surface area contributed by atoms with Crippen molar-refractivity contribution in [1.82, 2.24) is 4.90 Å². The van der Waals surface area contributed by atoms with Gasteiger partial charge in [0.1, 0.15) is 6.04 Å². The summed E-state index contributed by atoms with van der Waals surface area (Å²) in [6.07, 6.45) is -3.09. The number of carbonyl (C=O) groups excluding carboxylic acids is 1. The summed E-state index contributed by atoms with van der Waals surface area (Å²) in [7, 11) is 0. The Labute approximate surface area is 136 Å². The molecule has 1 heterocycles. The molecule has 3 atom stereocenters. The molecule has 0 saturated carbocycles. The highest BCUT2D eigenvalue weighted by atomic mass is 35.5. The summed E-state index contributed by atoms with van der Waals surface area (Å²) in [5.74, 6) is -1.95. The van der Waals surface area contributed by atoms with Crippen LogP contribution in [0.1, 0.15) is 12.8 Å². The minimum absolute atomic E-state index is 0.0214. The van der Waals surface area contributed by atoms with Gasteiger partial charge in [0.2, 0.25) is 0 Å². The van der Waals surface area contributed by atoms with E-state index in [9.17, 15) is 18.4 Å². The summed E-state index contributed by atoms with van der Waals surface area (Å²) in [4.78, 5) is 26.7. The van der Waals surface area contributed by atoms with E-state index in [1.807, 2.05) is 0 Å². The van der Waals surface area contributed by atoms with Gasteiger partial charge in [-0.2, -0.15) is 4.99 Å². The highest BCUT2D eigenvalue weighted by molar-refractivity contribution is 6.20. The normalized spacial score (nSPS) is 18.3. The molecule has 5 N–H and O–H groups in total. The molecular formula is C12H19ClF2N4O4. The van der Waals surface area contributed by atoms with Crippen LogP contribution in [0.2, 0.25) is 0 Å². The maximum Gasteiger partial charge on any atom is 0.435 e. The Kier molecular flexibility index (Phi) is 7.59. The number of hydrogen-bond acceptors (Lipinski definition) is 6. The van der Waals surface area contributed by atoms with E-state index in [1.54, 1.807) is 0 Å². The highest BCUT2D eigenvalue weighted by Crippen LogP contribution is 2.18. The molecule has 1 aliphatic rings. The number of amides is 1. The maximum atomic E-state index is 12.7. The number of hydrogen-bond donors (Lipinski definition) is 3. The van der Waals surface area contributed by atoms with Crippen LogP contribution in [-0.4, -0.2) is 65.6 Å². The molecule has 23 heavy (non-hydrogen) atoms. The number of carboxylic acids is 1. The monoisotopic (exact) mass is 356 g/mol. The number of aliphatic carboxylic acids is 1. The number of alkyl halides is 3. The van der Waals surface area contributed by atoms with Crippen LogP contribution in [0.3, 0.4) is 0 Å². The quantitative estimate of drug-likeness (QED) is 0.403. The van der Waals surface area contributed by atoms with Crippen molar-refractivity contribution in [3.05, 3.63) is 0 Å². The molecule has 1 amide bonds. The minimum Gasteiger partial charge on any atom is -0.480 e. The Bertz CT molecular complexity index is 464. The molecule has 0 aromatic rings. The molecule has 0 spiro atoms. The zero-order chi connectivity index (χ0) is 17.6. The van der Waals surface area contributed by atoms with Crippen molar-refractivity contribution in [2.24, 2.45) is 22.4 Å². The Morgan fingerprint density at radius 1 is 1.39 bits per heavy atom. The standard InChI is InChI=1S/C12H19ClF2N4O4/c13-7(16)2-1-6(10(17)11(20)21)3-19(4-8(14)15)9-5-23-12(22)18-9/h6-8,10H,1-5,16-17H2,(H,20,21)/t6?,7?,10-/m0/s1. The predicted molar refractivity (Wildman–Crippen MR) is 78.5 cm³/mol. The van der Waals surface area contributed by atoms with Crippen LogP contribution >= 0.6 is 11.6 Å². The SMILES string of the molecule is NC(Cl)CCC(CN(CC(F)F)C1=NC(=O)OC1)[C@H](N)C(=O)O. The molecule has 11 heteroatoms. The van der Waals surface area contributed by atoms with Gasteiger partial charge in [-0.1, -0.05) is 0 Å². The number of nitrogens with zero attached hydrogens (tertiary/aromatic N) is 2. The molecule has 132 valence electrons. The lowest BCUT2D eigenvalue weighted by Gasteiger charge is -2.30. The van der Waals surface area contributed by atoms with E-state index in [-0.39, 0.29) is 31.8 Å². The van der Waals surface area contributed by atoms with Gasteiger partial charge in [0.25, 0.3) is 6.43 Å². The third-order valence-electron chi connectivity index (χ3n) is 3.33. The Hall–Kier alpha value is -1.52. The van der Waals surface area contributed by atoms with Crippen molar-refractivity contribution >= 4 is 29.5 Å². The number of cyclic esters (lactones) is 1. The summed E-state index contributed by atoms with van der Waals surface area (Å²) < 4.78 is 30.1. The van der Waals surface area contributed by atoms with Crippen LogP contribution in [0, 0.1) is 5.92 Å². The van der Waals surface area contributed by atoms with Gasteiger partial charge >= 0.3 is 12.1 Å². The van der Waals surface area contributed by atoms with Gasteiger partial charge < -0.3 is 26.2 Å². The van der Waals surface area contributed by atoms with Crippen LogP contribution in [0.4, 0.5) is 13.6 Å². The number of amidine groups is 1. The average molecular weight is 357 g/mol. The first-order valence-corrected chi connectivity index (χ1v) is 7.29. The molecular weight excluding hydrogens is 338 g/mol. The molecule has 8 nitrogen and oxygen atoms in total. The highest BCUT2D eigenvalue weighted by Gasteiger charge is 2.31. The Morgan fingerprint density at radius 3 is 2.48 bits per heavy atom. The molecule has 0 radical (unpaired) electrons. The first-order chi connectivity index (χ1) is 10.7. The number of ether oxygens (including phenoxy) is 1. The van der Waals surface area contributed by atoms with Crippen molar-refractivity contribution in [3.8, 4) is 0 Å². The smallest absolute Gasteiger partial charge is 0.435 e. The Balaban J connectivity index is 2.86. The summed E-state index contributed by atoms with van der Waals surface area (Å²) in [6, 6.07) is -1.29. The zero-order valence-corrected chi connectivity index (χ0v) is 13.0. The molecule has 1 aliphatic heterocycles. The molecule has 2 unspecified atom stereocenters. The number of carboxylic acid groups (broad SMARTS) is 1. The van der Waals surface area contributed by atoms with Gasteiger partial charge in [0, 0.05) is 12.5 Å². The molecule has 0 aliphatic carbocycles. The molecule has 0 aromatic heterocycles. The molecule has 0 aromatic carbocycles. The van der Waals surface area contributed by atoms with Gasteiger partial charge in [0.15, 0.2) is 12.4 Å². The van der Waals surface area contributed by atoms with Crippen LogP contribution in [0.5, 0.6) is 0 Å². The number of halogens is 3. The molecule has 0 fully saturated rings. The first-order valence-electron chi connectivity index (χ1n) is 6.86. The van der Waals surface area contributed by atoms with E-state index in [0.717, 1.165) is 4.90 Å². The van der Waals surface area contributed by atoms with Gasteiger partial charge in [-0.05, 0) is 12.8 Å². The zero-order valence-electron chi connectivity index (χ0n) is 12.2. The second-order valence-corrected chi connectivity index (χ2v) is 5.66. The fourth-order valence-electron chi connectivity index (χ4n) is 2.15. The van der Waals surface area contributed by atoms with Crippen molar-refractivity contribution in [2.75, 3.05) is 19.7 Å². The van der Waals surface area contributed by atoms with Crippen molar-refractivity contribution < 1.29 is 28.2 Å². The molecule has 0 bridgehead atoms. The summed E-state index contributed by atoms with van der Waals surface area (Å²) in [5, 5.41) is 9.05. The minimum atomic E-state index is -2.70. The van der Waals surface area contributed by atoms with Gasteiger partial charge in [-0.25, -0.2) is 13.6 Å². The van der Waals surface area contributed by atoms with Crippen LogP contribution in [0.25, 0.3) is 0 Å². The van der Waals surface area contributed by atoms with Gasteiger partial charge in [0.05, 0.1) is 12.0 Å². The Morgan fingerprint density at radius 2 is 2.04 bits per heavy atom. The van der Waals surface area contributed by atoms with Gasteiger partial charge in [-0.15, -0.1) is 11.6 Å². The van der Waals surface area contributed by atoms with E-state index < -0.39 is 42.5 Å². The van der Waals surface area contributed by atoms with E-state index in [1.165, 1.54) is 0 Å². The van der Waals surface area contributed by atoms with Gasteiger partial charge in [-0.3, -0.25) is 4.79 Å². The third-order valence-corrected chi connectivity index (χ3v) is 3.55. The third kappa shape index (κ3) is 6.63. The van der Waals surface area contributed by atoms with E-state index in [4.69, 9.17) is 28.2 Å². The average Bonchev–Trinajstić information content (AvgIpc) is 2.87. The van der Waals surface area contributed by atoms with E-state index in [0.29, 0.717) is 0 Å². The maximum absolute atomic E-state index is 12.7. The first kappa shape index (κ1) is 19.5. The lowest BCUT2D eigenvalue weighted by atomic mass is 9.94. The van der Waals surface area contributed by atoms with Crippen LogP contribution < -0.4 is 11.5 Å². The second-order valence-electron chi connectivity index (χ2n) is 5.10.